The molecule has 3 rings (SSSR count). The Morgan fingerprint density at radius 2 is 1.89 bits per heavy atom. The zero-order chi connectivity index (χ0) is 20.3. The van der Waals surface area contributed by atoms with Crippen LogP contribution < -0.4 is 19.7 Å². The van der Waals surface area contributed by atoms with E-state index in [1.165, 1.54) is 37.3 Å². The Balaban J connectivity index is 1.78. The van der Waals surface area contributed by atoms with Crippen molar-refractivity contribution in [3.8, 4) is 11.5 Å². The molecule has 0 bridgehead atoms. The van der Waals surface area contributed by atoms with Crippen molar-refractivity contribution in [2.24, 2.45) is 5.92 Å². The van der Waals surface area contributed by atoms with E-state index in [9.17, 15) is 19.7 Å². The van der Waals surface area contributed by atoms with Crippen molar-refractivity contribution in [2.75, 3.05) is 31.0 Å². The number of amides is 2. The van der Waals surface area contributed by atoms with Crippen LogP contribution in [0.25, 0.3) is 0 Å². The van der Waals surface area contributed by atoms with Crippen molar-refractivity contribution in [3.05, 3.63) is 52.6 Å². The molecule has 1 aliphatic rings. The summed E-state index contributed by atoms with van der Waals surface area (Å²) in [7, 11) is 2.88. The smallest absolute Gasteiger partial charge is 0.273 e. The summed E-state index contributed by atoms with van der Waals surface area (Å²) in [6.45, 7) is 0.147. The fourth-order valence-electron chi connectivity index (χ4n) is 3.10. The van der Waals surface area contributed by atoms with Gasteiger partial charge < -0.3 is 19.7 Å². The van der Waals surface area contributed by atoms with Gasteiger partial charge in [-0.05, 0) is 18.2 Å². The van der Waals surface area contributed by atoms with E-state index >= 15 is 0 Å². The van der Waals surface area contributed by atoms with Gasteiger partial charge in [0.2, 0.25) is 11.8 Å². The highest BCUT2D eigenvalue weighted by molar-refractivity contribution is 6.04. The molecule has 1 N–H and O–H groups in total. The van der Waals surface area contributed by atoms with Crippen molar-refractivity contribution < 1.29 is 24.0 Å². The minimum atomic E-state index is -0.572. The van der Waals surface area contributed by atoms with Gasteiger partial charge in [0.1, 0.15) is 11.5 Å². The average molecular weight is 385 g/mol. The molecule has 1 atom stereocenters. The molecule has 0 unspecified atom stereocenters. The van der Waals surface area contributed by atoms with Crippen LogP contribution in [0.1, 0.15) is 6.42 Å². The second-order valence-corrected chi connectivity index (χ2v) is 6.21. The van der Waals surface area contributed by atoms with Crippen LogP contribution in [0.15, 0.2) is 42.5 Å². The molecule has 0 spiro atoms. The van der Waals surface area contributed by atoms with E-state index in [0.29, 0.717) is 17.1 Å². The summed E-state index contributed by atoms with van der Waals surface area (Å²) in [4.78, 5) is 36.9. The van der Waals surface area contributed by atoms with Gasteiger partial charge in [0.05, 0.1) is 42.5 Å². The Morgan fingerprint density at radius 3 is 2.57 bits per heavy atom. The molecule has 9 nitrogen and oxygen atoms in total. The van der Waals surface area contributed by atoms with Crippen LogP contribution in [0.2, 0.25) is 0 Å². The summed E-state index contributed by atoms with van der Waals surface area (Å²) in [5.74, 6) is -0.409. The number of nitro groups is 1. The first-order valence-corrected chi connectivity index (χ1v) is 8.51. The lowest BCUT2D eigenvalue weighted by atomic mass is 10.1. The van der Waals surface area contributed by atoms with Crippen LogP contribution in [0.3, 0.4) is 0 Å². The fraction of sp³-hybridized carbons (Fsp3) is 0.263. The lowest BCUT2D eigenvalue weighted by Gasteiger charge is -2.19. The fourth-order valence-corrected chi connectivity index (χ4v) is 3.10. The van der Waals surface area contributed by atoms with E-state index in [4.69, 9.17) is 9.47 Å². The predicted octanol–water partition coefficient (Wildman–Crippen LogP) is 2.60. The molecule has 9 heteroatoms. The zero-order valence-corrected chi connectivity index (χ0v) is 15.4. The number of carbonyl (C=O) groups excluding carboxylic acids is 2. The maximum absolute atomic E-state index is 12.6. The van der Waals surface area contributed by atoms with E-state index in [0.717, 1.165) is 0 Å². The first-order chi connectivity index (χ1) is 13.4. The lowest BCUT2D eigenvalue weighted by Crippen LogP contribution is -2.28. The second-order valence-electron chi connectivity index (χ2n) is 6.21. The van der Waals surface area contributed by atoms with Gasteiger partial charge in [-0.2, -0.15) is 0 Å². The number of non-ortho nitro benzene ring substituents is 1. The van der Waals surface area contributed by atoms with E-state index < -0.39 is 10.8 Å². The van der Waals surface area contributed by atoms with Crippen molar-refractivity contribution >= 4 is 28.9 Å². The van der Waals surface area contributed by atoms with Gasteiger partial charge in [-0.25, -0.2) is 0 Å². The van der Waals surface area contributed by atoms with Gasteiger partial charge in [0.25, 0.3) is 5.69 Å². The topological polar surface area (TPSA) is 111 Å². The molecular formula is C19H19N3O6. The Morgan fingerprint density at radius 1 is 1.18 bits per heavy atom. The first kappa shape index (κ1) is 19.2. The number of anilines is 2. The number of ether oxygens (including phenoxy) is 2. The maximum Gasteiger partial charge on any atom is 0.273 e. The number of carbonyl (C=O) groups is 2. The quantitative estimate of drug-likeness (QED) is 0.604. The van der Waals surface area contributed by atoms with Gasteiger partial charge in [-0.3, -0.25) is 19.7 Å². The van der Waals surface area contributed by atoms with Crippen LogP contribution >= 0.6 is 0 Å². The predicted molar refractivity (Wildman–Crippen MR) is 102 cm³/mol. The maximum atomic E-state index is 12.6. The number of para-hydroxylation sites is 2. The van der Waals surface area contributed by atoms with E-state index in [1.807, 2.05) is 0 Å². The molecule has 1 saturated heterocycles. The van der Waals surface area contributed by atoms with Crippen molar-refractivity contribution in [3.63, 3.8) is 0 Å². The van der Waals surface area contributed by atoms with Crippen LogP contribution in [0.4, 0.5) is 17.1 Å². The molecule has 2 aromatic carbocycles. The minimum absolute atomic E-state index is 0.0289. The summed E-state index contributed by atoms with van der Waals surface area (Å²) in [6.07, 6.45) is 0.0289. The molecule has 146 valence electrons. The molecule has 2 aromatic rings. The molecule has 1 fully saturated rings. The van der Waals surface area contributed by atoms with Gasteiger partial charge in [-0.1, -0.05) is 12.1 Å². The van der Waals surface area contributed by atoms with Crippen LogP contribution in [-0.2, 0) is 9.59 Å². The summed E-state index contributed by atoms with van der Waals surface area (Å²) >= 11 is 0. The number of nitrogens with zero attached hydrogens (tertiary/aromatic N) is 2. The summed E-state index contributed by atoms with van der Waals surface area (Å²) in [6, 6.07) is 11.0. The van der Waals surface area contributed by atoms with Gasteiger partial charge in [0.15, 0.2) is 0 Å². The first-order valence-electron chi connectivity index (χ1n) is 8.51. The zero-order valence-electron chi connectivity index (χ0n) is 15.4. The molecule has 1 aliphatic heterocycles. The molecular weight excluding hydrogens is 366 g/mol. The third kappa shape index (κ3) is 3.73. The minimum Gasteiger partial charge on any atom is -0.495 e. The number of methoxy groups -OCH3 is 2. The molecule has 2 amide bonds. The molecule has 0 saturated carbocycles. The summed E-state index contributed by atoms with van der Waals surface area (Å²) in [5, 5.41) is 13.7. The molecule has 0 aliphatic carbocycles. The van der Waals surface area contributed by atoms with Crippen LogP contribution in [0, 0.1) is 16.0 Å². The summed E-state index contributed by atoms with van der Waals surface area (Å²) < 4.78 is 10.4. The van der Waals surface area contributed by atoms with Gasteiger partial charge in [-0.15, -0.1) is 0 Å². The Bertz CT molecular complexity index is 930. The second kappa shape index (κ2) is 7.95. The molecule has 0 aromatic heterocycles. The molecule has 1 heterocycles. The Labute approximate surface area is 161 Å². The highest BCUT2D eigenvalue weighted by Crippen LogP contribution is 2.36. The number of hydrogen-bond acceptors (Lipinski definition) is 6. The average Bonchev–Trinajstić information content (AvgIpc) is 3.09. The van der Waals surface area contributed by atoms with E-state index in [1.54, 1.807) is 24.3 Å². The van der Waals surface area contributed by atoms with Gasteiger partial charge in [0, 0.05) is 19.0 Å². The van der Waals surface area contributed by atoms with Crippen molar-refractivity contribution in [1.82, 2.24) is 0 Å². The highest BCUT2D eigenvalue weighted by atomic mass is 16.6. The van der Waals surface area contributed by atoms with Crippen molar-refractivity contribution in [2.45, 2.75) is 6.42 Å². The van der Waals surface area contributed by atoms with E-state index in [2.05, 4.69) is 5.32 Å². The number of rotatable bonds is 6. The molecule has 28 heavy (non-hydrogen) atoms. The normalized spacial score (nSPS) is 16.0. The number of hydrogen-bond donors (Lipinski definition) is 1. The van der Waals surface area contributed by atoms with Crippen molar-refractivity contribution in [1.29, 1.82) is 0 Å². The Kier molecular flexibility index (Phi) is 5.44. The lowest BCUT2D eigenvalue weighted by molar-refractivity contribution is -0.384. The largest absolute Gasteiger partial charge is 0.495 e. The third-order valence-corrected chi connectivity index (χ3v) is 4.53. The SMILES string of the molecule is COc1ccccc1NC(=O)[C@H]1CC(=O)N(c2ccc([N+](=O)[O-])cc2OC)C1. The molecule has 0 radical (unpaired) electrons. The number of nitrogens with one attached hydrogen (secondary N) is 1. The third-order valence-electron chi connectivity index (χ3n) is 4.53. The monoisotopic (exact) mass is 385 g/mol. The van der Waals surface area contributed by atoms with Gasteiger partial charge >= 0.3 is 0 Å². The standard InChI is InChI=1S/C19H19N3O6/c1-27-16-6-4-3-5-14(16)20-19(24)12-9-18(23)21(11-12)15-8-7-13(22(25)26)10-17(15)28-2/h3-8,10,12H,9,11H2,1-2H3,(H,20,24)/t12-/m0/s1. The summed E-state index contributed by atoms with van der Waals surface area (Å²) in [5.41, 5.74) is 0.775. The highest BCUT2D eigenvalue weighted by Gasteiger charge is 2.36. The number of benzene rings is 2. The Hall–Kier alpha value is -3.62. The van der Waals surface area contributed by atoms with Crippen LogP contribution in [0.5, 0.6) is 11.5 Å². The van der Waals surface area contributed by atoms with E-state index in [-0.39, 0.29) is 36.2 Å². The van der Waals surface area contributed by atoms with Crippen LogP contribution in [-0.4, -0.2) is 37.5 Å². The number of nitro benzene ring substituents is 1.